The first-order chi connectivity index (χ1) is 10.6. The molecular formula is C16H11N2O4-. The van der Waals surface area contributed by atoms with Crippen molar-refractivity contribution < 1.29 is 19.5 Å². The maximum Gasteiger partial charge on any atom is 0.263 e. The van der Waals surface area contributed by atoms with Crippen LogP contribution in [-0.2, 0) is 0 Å². The molecule has 0 atom stereocenters. The van der Waals surface area contributed by atoms with Gasteiger partial charge in [0, 0.05) is 5.69 Å². The topological polar surface area (TPSA) is 89.5 Å². The van der Waals surface area contributed by atoms with E-state index in [1.165, 1.54) is 12.1 Å². The number of carbonyl (C=O) groups excluding carboxylic acids is 3. The number of carboxylic acid groups (broad SMARTS) is 1. The zero-order valence-electron chi connectivity index (χ0n) is 11.4. The monoisotopic (exact) mass is 295 g/mol. The molecule has 6 heteroatoms. The van der Waals surface area contributed by atoms with Crippen molar-refractivity contribution in [2.45, 2.75) is 0 Å². The van der Waals surface area contributed by atoms with Gasteiger partial charge >= 0.3 is 0 Å². The molecule has 2 aromatic rings. The predicted octanol–water partition coefficient (Wildman–Crippen LogP) is 0.716. The zero-order valence-corrected chi connectivity index (χ0v) is 11.4. The van der Waals surface area contributed by atoms with Gasteiger partial charge in [-0.1, -0.05) is 24.3 Å². The van der Waals surface area contributed by atoms with Crippen LogP contribution < -0.4 is 10.4 Å². The van der Waals surface area contributed by atoms with Crippen molar-refractivity contribution in [1.82, 2.24) is 4.90 Å². The fourth-order valence-electron chi connectivity index (χ4n) is 2.31. The molecule has 1 heterocycles. The summed E-state index contributed by atoms with van der Waals surface area (Å²) in [5.74, 6) is -2.03. The average molecular weight is 295 g/mol. The molecule has 1 aliphatic rings. The number of amides is 2. The van der Waals surface area contributed by atoms with Gasteiger partial charge in [-0.25, -0.2) is 0 Å². The van der Waals surface area contributed by atoms with Gasteiger partial charge in [0.05, 0.1) is 23.8 Å². The predicted molar refractivity (Wildman–Crippen MR) is 76.2 cm³/mol. The first-order valence-electron chi connectivity index (χ1n) is 6.58. The van der Waals surface area contributed by atoms with Crippen molar-refractivity contribution in [2.75, 3.05) is 12.0 Å². The Morgan fingerprint density at radius 3 is 2.23 bits per heavy atom. The molecular weight excluding hydrogens is 284 g/mol. The van der Waals surface area contributed by atoms with Gasteiger partial charge < -0.3 is 15.2 Å². The summed E-state index contributed by atoms with van der Waals surface area (Å²) in [6.45, 7) is -0.0388. The third-order valence-corrected chi connectivity index (χ3v) is 3.42. The third-order valence-electron chi connectivity index (χ3n) is 3.42. The fourth-order valence-corrected chi connectivity index (χ4v) is 2.31. The first kappa shape index (κ1) is 13.8. The number of nitrogens with zero attached hydrogens (tertiary/aromatic N) is 1. The van der Waals surface area contributed by atoms with Crippen LogP contribution in [0.25, 0.3) is 0 Å². The highest BCUT2D eigenvalue weighted by Crippen LogP contribution is 2.22. The summed E-state index contributed by atoms with van der Waals surface area (Å²) in [7, 11) is 0. The van der Waals surface area contributed by atoms with E-state index in [0.29, 0.717) is 16.8 Å². The summed E-state index contributed by atoms with van der Waals surface area (Å²) < 4.78 is 0. The summed E-state index contributed by atoms with van der Waals surface area (Å²) in [6.07, 6.45) is 0. The molecule has 0 radical (unpaired) electrons. The molecule has 0 saturated carbocycles. The number of nitrogens with one attached hydrogen (secondary N) is 1. The molecule has 1 aliphatic heterocycles. The molecule has 0 unspecified atom stereocenters. The number of imide groups is 1. The second-order valence-electron chi connectivity index (χ2n) is 4.79. The van der Waals surface area contributed by atoms with Crippen molar-refractivity contribution in [3.63, 3.8) is 0 Å². The van der Waals surface area contributed by atoms with E-state index in [0.717, 1.165) is 4.90 Å². The normalized spacial score (nSPS) is 13.2. The molecule has 2 aromatic carbocycles. The molecule has 3 rings (SSSR count). The number of fused-ring (bicyclic) bond motifs is 1. The van der Waals surface area contributed by atoms with Crippen molar-refractivity contribution >= 4 is 23.5 Å². The zero-order chi connectivity index (χ0) is 15.7. The van der Waals surface area contributed by atoms with E-state index in [2.05, 4.69) is 5.32 Å². The van der Waals surface area contributed by atoms with Crippen LogP contribution in [0.4, 0.5) is 5.69 Å². The van der Waals surface area contributed by atoms with E-state index in [-0.39, 0.29) is 24.0 Å². The molecule has 110 valence electrons. The van der Waals surface area contributed by atoms with Gasteiger partial charge in [0.25, 0.3) is 11.8 Å². The van der Waals surface area contributed by atoms with Crippen LogP contribution in [0, 0.1) is 0 Å². The Balaban J connectivity index is 1.76. The molecule has 6 nitrogen and oxygen atoms in total. The maximum absolute atomic E-state index is 12.2. The number of benzene rings is 2. The molecule has 0 spiro atoms. The standard InChI is InChI=1S/C16H12N2O4/c19-14-12-6-1-2-7-13(12)15(20)18(14)9-17-11-5-3-4-10(8-11)16(21)22/h1-8,17H,9H2,(H,21,22)/p-1. The van der Waals surface area contributed by atoms with Crippen LogP contribution in [0.3, 0.4) is 0 Å². The highest BCUT2D eigenvalue weighted by Gasteiger charge is 2.34. The number of carbonyl (C=O) groups is 3. The number of carboxylic acids is 1. The van der Waals surface area contributed by atoms with Gasteiger partial charge in [-0.15, -0.1) is 0 Å². The summed E-state index contributed by atoms with van der Waals surface area (Å²) in [4.78, 5) is 36.2. The minimum atomic E-state index is -1.29. The Labute approximate surface area is 126 Å². The maximum atomic E-state index is 12.2. The highest BCUT2D eigenvalue weighted by atomic mass is 16.4. The minimum Gasteiger partial charge on any atom is -0.545 e. The van der Waals surface area contributed by atoms with Gasteiger partial charge in [0.2, 0.25) is 0 Å². The molecule has 0 aliphatic carbocycles. The van der Waals surface area contributed by atoms with E-state index in [9.17, 15) is 19.5 Å². The largest absolute Gasteiger partial charge is 0.545 e. The summed E-state index contributed by atoms with van der Waals surface area (Å²) in [5, 5.41) is 13.7. The third kappa shape index (κ3) is 2.31. The number of anilines is 1. The fraction of sp³-hybridized carbons (Fsp3) is 0.0625. The van der Waals surface area contributed by atoms with Gasteiger partial charge in [-0.05, 0) is 29.8 Å². The molecule has 1 N–H and O–H groups in total. The van der Waals surface area contributed by atoms with Crippen LogP contribution in [0.2, 0.25) is 0 Å². The number of hydrogen-bond acceptors (Lipinski definition) is 5. The number of hydrogen-bond donors (Lipinski definition) is 1. The second-order valence-corrected chi connectivity index (χ2v) is 4.79. The average Bonchev–Trinajstić information content (AvgIpc) is 2.78. The molecule has 22 heavy (non-hydrogen) atoms. The highest BCUT2D eigenvalue weighted by molar-refractivity contribution is 6.21. The Hall–Kier alpha value is -3.15. The Kier molecular flexibility index (Phi) is 3.34. The van der Waals surface area contributed by atoms with Crippen LogP contribution in [0.15, 0.2) is 48.5 Å². The molecule has 2 amide bonds. The lowest BCUT2D eigenvalue weighted by atomic mass is 10.1. The lowest BCUT2D eigenvalue weighted by molar-refractivity contribution is -0.255. The van der Waals surface area contributed by atoms with Crippen LogP contribution in [0.5, 0.6) is 0 Å². The van der Waals surface area contributed by atoms with E-state index in [4.69, 9.17) is 0 Å². The van der Waals surface area contributed by atoms with Gasteiger partial charge in [-0.2, -0.15) is 0 Å². The van der Waals surface area contributed by atoms with Crippen LogP contribution in [-0.4, -0.2) is 29.4 Å². The Morgan fingerprint density at radius 2 is 1.64 bits per heavy atom. The molecule has 0 aromatic heterocycles. The van der Waals surface area contributed by atoms with Crippen LogP contribution in [0.1, 0.15) is 31.1 Å². The first-order valence-corrected chi connectivity index (χ1v) is 6.58. The number of rotatable bonds is 4. The minimum absolute atomic E-state index is 0.0207. The van der Waals surface area contributed by atoms with E-state index >= 15 is 0 Å². The molecule has 0 saturated heterocycles. The number of aromatic carboxylic acids is 1. The smallest absolute Gasteiger partial charge is 0.263 e. The lowest BCUT2D eigenvalue weighted by Crippen LogP contribution is -2.34. The van der Waals surface area contributed by atoms with Gasteiger partial charge in [-0.3, -0.25) is 14.5 Å². The van der Waals surface area contributed by atoms with Crippen LogP contribution >= 0.6 is 0 Å². The Morgan fingerprint density at radius 1 is 1.00 bits per heavy atom. The van der Waals surface area contributed by atoms with Gasteiger partial charge in [0.15, 0.2) is 0 Å². The van der Waals surface area contributed by atoms with Crippen molar-refractivity contribution in [3.05, 3.63) is 65.2 Å². The summed E-state index contributed by atoms with van der Waals surface area (Å²) >= 11 is 0. The molecule has 0 fully saturated rings. The van der Waals surface area contributed by atoms with Crippen molar-refractivity contribution in [3.8, 4) is 0 Å². The van der Waals surface area contributed by atoms with Crippen molar-refractivity contribution in [1.29, 1.82) is 0 Å². The SMILES string of the molecule is O=C([O-])c1cccc(NCN2C(=O)c3ccccc3C2=O)c1. The van der Waals surface area contributed by atoms with E-state index in [1.807, 2.05) is 0 Å². The molecule has 0 bridgehead atoms. The lowest BCUT2D eigenvalue weighted by Gasteiger charge is -2.16. The van der Waals surface area contributed by atoms with Crippen molar-refractivity contribution in [2.24, 2.45) is 0 Å². The van der Waals surface area contributed by atoms with Gasteiger partial charge in [0.1, 0.15) is 0 Å². The quantitative estimate of drug-likeness (QED) is 0.839. The Bertz CT molecular complexity index is 750. The van der Waals surface area contributed by atoms with E-state index in [1.54, 1.807) is 36.4 Å². The summed E-state index contributed by atoms with van der Waals surface area (Å²) in [6, 6.07) is 12.6. The second kappa shape index (κ2) is 5.33. The van der Waals surface area contributed by atoms with E-state index < -0.39 is 5.97 Å². The summed E-state index contributed by atoms with van der Waals surface area (Å²) in [5.41, 5.74) is 1.25.